The van der Waals surface area contributed by atoms with Crippen LogP contribution in [0.2, 0.25) is 0 Å². The summed E-state index contributed by atoms with van der Waals surface area (Å²) in [6.07, 6.45) is 0.710. The van der Waals surface area contributed by atoms with Crippen molar-refractivity contribution < 1.29 is 8.42 Å². The van der Waals surface area contributed by atoms with Crippen molar-refractivity contribution in [3.8, 4) is 5.69 Å². The lowest BCUT2D eigenvalue weighted by atomic mass is 10.3. The number of nitrogens with one attached hydrogen (secondary N) is 1. The van der Waals surface area contributed by atoms with Gasteiger partial charge in [-0.15, -0.1) is 5.10 Å². The molecule has 0 amide bonds. The lowest BCUT2D eigenvalue weighted by molar-refractivity contribution is 0.579. The number of aromatic nitrogens is 3. The summed E-state index contributed by atoms with van der Waals surface area (Å²) in [6.45, 7) is 2.26. The van der Waals surface area contributed by atoms with E-state index < -0.39 is 10.0 Å². The number of hydrogen-bond acceptors (Lipinski definition) is 5. The maximum Gasteiger partial charge on any atom is 0.242 e. The van der Waals surface area contributed by atoms with E-state index in [0.717, 1.165) is 0 Å². The molecule has 0 unspecified atom stereocenters. The first kappa shape index (κ1) is 14.9. The fourth-order valence-corrected chi connectivity index (χ4v) is 3.40. The van der Waals surface area contributed by atoms with Gasteiger partial charge in [0, 0.05) is 6.54 Å². The molecular formula is C11H14BrN5O2S. The van der Waals surface area contributed by atoms with Gasteiger partial charge in [-0.3, -0.25) is 0 Å². The van der Waals surface area contributed by atoms with Gasteiger partial charge in [0.15, 0.2) is 0 Å². The van der Waals surface area contributed by atoms with Gasteiger partial charge in [-0.25, -0.2) is 17.8 Å². The van der Waals surface area contributed by atoms with E-state index in [-0.39, 0.29) is 10.8 Å². The summed E-state index contributed by atoms with van der Waals surface area (Å²) in [6, 6.07) is 6.52. The van der Waals surface area contributed by atoms with Crippen LogP contribution in [0.25, 0.3) is 5.69 Å². The third-order valence-electron chi connectivity index (χ3n) is 2.51. The minimum absolute atomic E-state index is 0.0607. The van der Waals surface area contributed by atoms with Crippen LogP contribution < -0.4 is 10.5 Å². The number of nitrogens with zero attached hydrogens (tertiary/aromatic N) is 3. The van der Waals surface area contributed by atoms with Crippen molar-refractivity contribution in [1.29, 1.82) is 0 Å². The Kier molecular flexibility index (Phi) is 4.41. The highest BCUT2D eigenvalue weighted by atomic mass is 79.9. The number of nitrogen functional groups attached to an aromatic ring is 1. The molecule has 7 nitrogen and oxygen atoms in total. The lowest BCUT2D eigenvalue weighted by Crippen LogP contribution is -2.25. The second-order valence-electron chi connectivity index (χ2n) is 4.02. The molecule has 0 aliphatic rings. The van der Waals surface area contributed by atoms with Gasteiger partial charge >= 0.3 is 0 Å². The molecule has 0 fully saturated rings. The van der Waals surface area contributed by atoms with Gasteiger partial charge in [0.05, 0.1) is 5.69 Å². The molecule has 1 heterocycles. The average Bonchev–Trinajstić information content (AvgIpc) is 2.75. The van der Waals surface area contributed by atoms with E-state index in [2.05, 4.69) is 30.7 Å². The number of halogens is 1. The zero-order valence-electron chi connectivity index (χ0n) is 10.7. The predicted octanol–water partition coefficient (Wildman–Crippen LogP) is 1.30. The molecule has 0 spiro atoms. The molecule has 0 bridgehead atoms. The standard InChI is InChI=1S/C11H14BrN5O2S/c1-2-7-14-20(18,19)9-6-4-3-5-8(9)17-10(12)15-11(13)16-17/h3-6,14H,2,7H2,1H3,(H2,13,16). The summed E-state index contributed by atoms with van der Waals surface area (Å²) in [5.74, 6) is 0.0607. The van der Waals surface area contributed by atoms with E-state index in [1.54, 1.807) is 18.2 Å². The molecule has 108 valence electrons. The highest BCUT2D eigenvalue weighted by Crippen LogP contribution is 2.22. The number of rotatable bonds is 5. The summed E-state index contributed by atoms with van der Waals surface area (Å²) in [7, 11) is -3.61. The van der Waals surface area contributed by atoms with E-state index in [1.807, 2.05) is 6.92 Å². The number of para-hydroxylation sites is 1. The second kappa shape index (κ2) is 5.90. The van der Waals surface area contributed by atoms with Gasteiger partial charge in [-0.05, 0) is 34.5 Å². The first-order valence-electron chi connectivity index (χ1n) is 5.93. The maximum atomic E-state index is 12.3. The molecule has 0 saturated carbocycles. The van der Waals surface area contributed by atoms with Crippen molar-refractivity contribution in [1.82, 2.24) is 19.5 Å². The zero-order valence-corrected chi connectivity index (χ0v) is 13.1. The third-order valence-corrected chi connectivity index (χ3v) is 4.53. The van der Waals surface area contributed by atoms with E-state index in [1.165, 1.54) is 10.7 Å². The van der Waals surface area contributed by atoms with Gasteiger partial charge in [0.25, 0.3) is 0 Å². The number of anilines is 1. The molecule has 0 saturated heterocycles. The molecule has 9 heteroatoms. The molecule has 0 aliphatic carbocycles. The number of hydrogen-bond donors (Lipinski definition) is 2. The van der Waals surface area contributed by atoms with Gasteiger partial charge in [-0.1, -0.05) is 19.1 Å². The molecule has 2 rings (SSSR count). The Hall–Kier alpha value is -1.45. The van der Waals surface area contributed by atoms with Crippen LogP contribution in [-0.4, -0.2) is 29.7 Å². The van der Waals surface area contributed by atoms with Crippen molar-refractivity contribution in [3.05, 3.63) is 29.0 Å². The highest BCUT2D eigenvalue weighted by Gasteiger charge is 2.20. The third kappa shape index (κ3) is 3.00. The topological polar surface area (TPSA) is 103 Å². The summed E-state index contributed by atoms with van der Waals surface area (Å²) in [5, 5.41) is 3.98. The number of sulfonamides is 1. The Morgan fingerprint density at radius 2 is 2.10 bits per heavy atom. The van der Waals surface area contributed by atoms with Crippen LogP contribution in [0, 0.1) is 0 Å². The van der Waals surface area contributed by atoms with E-state index >= 15 is 0 Å². The van der Waals surface area contributed by atoms with Crippen LogP contribution in [0.1, 0.15) is 13.3 Å². The maximum absolute atomic E-state index is 12.3. The Morgan fingerprint density at radius 3 is 2.70 bits per heavy atom. The van der Waals surface area contributed by atoms with Crippen LogP contribution in [0.15, 0.2) is 33.9 Å². The minimum Gasteiger partial charge on any atom is -0.366 e. The van der Waals surface area contributed by atoms with Crippen molar-refractivity contribution in [3.63, 3.8) is 0 Å². The second-order valence-corrected chi connectivity index (χ2v) is 6.46. The Balaban J connectivity index is 2.54. The van der Waals surface area contributed by atoms with E-state index in [0.29, 0.717) is 23.4 Å². The smallest absolute Gasteiger partial charge is 0.242 e. The normalized spacial score (nSPS) is 11.7. The van der Waals surface area contributed by atoms with Crippen LogP contribution in [0.4, 0.5) is 5.95 Å². The quantitative estimate of drug-likeness (QED) is 0.837. The van der Waals surface area contributed by atoms with Gasteiger partial charge in [0.2, 0.25) is 20.7 Å². The highest BCUT2D eigenvalue weighted by molar-refractivity contribution is 9.10. The monoisotopic (exact) mass is 359 g/mol. The minimum atomic E-state index is -3.61. The van der Waals surface area contributed by atoms with Crippen LogP contribution in [-0.2, 0) is 10.0 Å². The molecular weight excluding hydrogens is 346 g/mol. The average molecular weight is 360 g/mol. The summed E-state index contributed by atoms with van der Waals surface area (Å²) >= 11 is 3.20. The Morgan fingerprint density at radius 1 is 1.40 bits per heavy atom. The summed E-state index contributed by atoms with van der Waals surface area (Å²) < 4.78 is 28.8. The van der Waals surface area contributed by atoms with Crippen molar-refractivity contribution >= 4 is 31.9 Å². The zero-order chi connectivity index (χ0) is 14.8. The molecule has 0 atom stereocenters. The fraction of sp³-hybridized carbons (Fsp3) is 0.273. The lowest BCUT2D eigenvalue weighted by Gasteiger charge is -2.11. The molecule has 1 aromatic heterocycles. The van der Waals surface area contributed by atoms with Crippen molar-refractivity contribution in [2.24, 2.45) is 0 Å². The largest absolute Gasteiger partial charge is 0.366 e. The SMILES string of the molecule is CCCNS(=O)(=O)c1ccccc1-n1nc(N)nc1Br. The molecule has 3 N–H and O–H groups in total. The number of nitrogens with two attached hydrogens (primary N) is 1. The first-order chi connectivity index (χ1) is 9.45. The van der Waals surface area contributed by atoms with Crippen molar-refractivity contribution in [2.45, 2.75) is 18.2 Å². The fourth-order valence-electron chi connectivity index (χ4n) is 1.63. The summed E-state index contributed by atoms with van der Waals surface area (Å²) in [5.41, 5.74) is 5.90. The van der Waals surface area contributed by atoms with Gasteiger partial charge < -0.3 is 5.73 Å². The molecule has 0 radical (unpaired) electrons. The Labute approximate surface area is 125 Å². The molecule has 2 aromatic rings. The van der Waals surface area contributed by atoms with Gasteiger partial charge in [-0.2, -0.15) is 4.98 Å². The molecule has 1 aromatic carbocycles. The van der Waals surface area contributed by atoms with Crippen LogP contribution in [0.5, 0.6) is 0 Å². The van der Waals surface area contributed by atoms with Crippen molar-refractivity contribution in [2.75, 3.05) is 12.3 Å². The molecule has 20 heavy (non-hydrogen) atoms. The number of benzene rings is 1. The summed E-state index contributed by atoms with van der Waals surface area (Å²) in [4.78, 5) is 4.03. The molecule has 0 aliphatic heterocycles. The van der Waals surface area contributed by atoms with Gasteiger partial charge in [0.1, 0.15) is 4.90 Å². The first-order valence-corrected chi connectivity index (χ1v) is 8.20. The van der Waals surface area contributed by atoms with E-state index in [9.17, 15) is 8.42 Å². The van der Waals surface area contributed by atoms with Crippen LogP contribution in [0.3, 0.4) is 0 Å². The predicted molar refractivity (Wildman–Crippen MR) is 79.0 cm³/mol. The Bertz CT molecular complexity index is 713. The van der Waals surface area contributed by atoms with E-state index in [4.69, 9.17) is 5.73 Å². The van der Waals surface area contributed by atoms with Crippen LogP contribution >= 0.6 is 15.9 Å².